The van der Waals surface area contributed by atoms with Gasteiger partial charge >= 0.3 is 0 Å². The molecule has 0 aliphatic heterocycles. The smallest absolute Gasteiger partial charge is 0.0429 e. The van der Waals surface area contributed by atoms with Crippen LogP contribution in [0.1, 0.15) is 39.7 Å². The lowest BCUT2D eigenvalue weighted by Gasteiger charge is -2.31. The molecule has 0 aliphatic rings. The standard InChI is InChI=1S/C15H25ClN2/c1-5-9-18(12(3)4)15-10-14(16)8-7-13(15)11-17-6-2/h7-8,10,12,17H,5-6,9,11H2,1-4H3. The van der Waals surface area contributed by atoms with Crippen LogP contribution in [0.5, 0.6) is 0 Å². The van der Waals surface area contributed by atoms with Crippen molar-refractivity contribution < 1.29 is 0 Å². The summed E-state index contributed by atoms with van der Waals surface area (Å²) in [6.07, 6.45) is 1.14. The number of rotatable bonds is 7. The van der Waals surface area contributed by atoms with Crippen LogP contribution in [0.3, 0.4) is 0 Å². The molecule has 102 valence electrons. The molecule has 0 amide bonds. The molecule has 0 bridgehead atoms. The van der Waals surface area contributed by atoms with E-state index >= 15 is 0 Å². The molecule has 0 aromatic heterocycles. The summed E-state index contributed by atoms with van der Waals surface area (Å²) in [4.78, 5) is 2.43. The number of anilines is 1. The largest absolute Gasteiger partial charge is 0.369 e. The van der Waals surface area contributed by atoms with Gasteiger partial charge in [-0.2, -0.15) is 0 Å². The third-order valence-electron chi connectivity index (χ3n) is 3.01. The van der Waals surface area contributed by atoms with Gasteiger partial charge in [0.15, 0.2) is 0 Å². The molecule has 1 rings (SSSR count). The van der Waals surface area contributed by atoms with E-state index in [1.807, 2.05) is 6.07 Å². The number of benzene rings is 1. The van der Waals surface area contributed by atoms with Crippen molar-refractivity contribution in [1.82, 2.24) is 5.32 Å². The van der Waals surface area contributed by atoms with Gasteiger partial charge in [0.1, 0.15) is 0 Å². The minimum absolute atomic E-state index is 0.490. The van der Waals surface area contributed by atoms with Crippen molar-refractivity contribution in [1.29, 1.82) is 0 Å². The zero-order chi connectivity index (χ0) is 13.5. The zero-order valence-electron chi connectivity index (χ0n) is 12.0. The Balaban J connectivity index is 3.04. The van der Waals surface area contributed by atoms with E-state index in [1.165, 1.54) is 11.3 Å². The van der Waals surface area contributed by atoms with Crippen molar-refractivity contribution >= 4 is 17.3 Å². The first-order valence-electron chi connectivity index (χ1n) is 6.85. The van der Waals surface area contributed by atoms with Gasteiger partial charge in [-0.25, -0.2) is 0 Å². The van der Waals surface area contributed by atoms with Gasteiger partial charge in [0.05, 0.1) is 0 Å². The van der Waals surface area contributed by atoms with Crippen LogP contribution in [-0.4, -0.2) is 19.1 Å². The second-order valence-electron chi connectivity index (χ2n) is 4.84. The summed E-state index contributed by atoms with van der Waals surface area (Å²) in [5.74, 6) is 0. The highest BCUT2D eigenvalue weighted by Crippen LogP contribution is 2.26. The van der Waals surface area contributed by atoms with E-state index in [2.05, 4.69) is 50.0 Å². The molecular weight excluding hydrogens is 244 g/mol. The number of hydrogen-bond acceptors (Lipinski definition) is 2. The molecule has 0 radical (unpaired) electrons. The summed E-state index contributed by atoms with van der Waals surface area (Å²) in [6.45, 7) is 11.7. The number of nitrogens with one attached hydrogen (secondary N) is 1. The van der Waals surface area contributed by atoms with Crippen LogP contribution in [0.25, 0.3) is 0 Å². The summed E-state index contributed by atoms with van der Waals surface area (Å²) in [5, 5.41) is 4.20. The van der Waals surface area contributed by atoms with Crippen LogP contribution in [-0.2, 0) is 6.54 Å². The molecule has 0 saturated carbocycles. The molecule has 2 nitrogen and oxygen atoms in total. The Morgan fingerprint density at radius 2 is 2.00 bits per heavy atom. The Morgan fingerprint density at radius 3 is 2.56 bits per heavy atom. The highest BCUT2D eigenvalue weighted by atomic mass is 35.5. The minimum atomic E-state index is 0.490. The molecule has 1 aromatic carbocycles. The second kappa shape index (κ2) is 7.65. The van der Waals surface area contributed by atoms with Crippen LogP contribution < -0.4 is 10.2 Å². The molecule has 0 aliphatic carbocycles. The van der Waals surface area contributed by atoms with Crippen molar-refractivity contribution in [3.05, 3.63) is 28.8 Å². The molecular formula is C15H25ClN2. The highest BCUT2D eigenvalue weighted by Gasteiger charge is 2.14. The van der Waals surface area contributed by atoms with Gasteiger partial charge in [0.2, 0.25) is 0 Å². The number of hydrogen-bond donors (Lipinski definition) is 1. The quantitative estimate of drug-likeness (QED) is 0.802. The Labute approximate surface area is 116 Å². The van der Waals surface area contributed by atoms with Crippen LogP contribution >= 0.6 is 11.6 Å². The summed E-state index contributed by atoms with van der Waals surface area (Å²) < 4.78 is 0. The van der Waals surface area contributed by atoms with Gasteiger partial charge in [0, 0.05) is 29.8 Å². The third-order valence-corrected chi connectivity index (χ3v) is 3.25. The first kappa shape index (κ1) is 15.3. The van der Waals surface area contributed by atoms with Gasteiger partial charge in [0.25, 0.3) is 0 Å². The fourth-order valence-corrected chi connectivity index (χ4v) is 2.28. The van der Waals surface area contributed by atoms with Crippen molar-refractivity contribution in [2.75, 3.05) is 18.0 Å². The van der Waals surface area contributed by atoms with E-state index in [0.29, 0.717) is 6.04 Å². The summed E-state index contributed by atoms with van der Waals surface area (Å²) in [6, 6.07) is 6.68. The Morgan fingerprint density at radius 1 is 1.28 bits per heavy atom. The molecule has 3 heteroatoms. The Hall–Kier alpha value is -0.730. The van der Waals surface area contributed by atoms with Gasteiger partial charge in [-0.15, -0.1) is 0 Å². The van der Waals surface area contributed by atoms with Crippen LogP contribution in [0.2, 0.25) is 5.02 Å². The molecule has 0 atom stereocenters. The summed E-state index contributed by atoms with van der Waals surface area (Å²) >= 11 is 6.15. The molecule has 0 heterocycles. The predicted molar refractivity (Wildman–Crippen MR) is 81.6 cm³/mol. The van der Waals surface area contributed by atoms with Crippen molar-refractivity contribution in [3.8, 4) is 0 Å². The normalized spacial score (nSPS) is 11.0. The second-order valence-corrected chi connectivity index (χ2v) is 5.28. The van der Waals surface area contributed by atoms with Gasteiger partial charge in [-0.3, -0.25) is 0 Å². The Bertz CT molecular complexity index is 364. The van der Waals surface area contributed by atoms with E-state index in [4.69, 9.17) is 11.6 Å². The van der Waals surface area contributed by atoms with Gasteiger partial charge in [-0.1, -0.05) is 31.5 Å². The summed E-state index contributed by atoms with van der Waals surface area (Å²) in [5.41, 5.74) is 2.59. The topological polar surface area (TPSA) is 15.3 Å². The number of halogens is 1. The molecule has 0 spiro atoms. The molecule has 0 fully saturated rings. The molecule has 1 N–H and O–H groups in total. The zero-order valence-corrected chi connectivity index (χ0v) is 12.7. The molecule has 0 unspecified atom stereocenters. The van der Waals surface area contributed by atoms with Crippen molar-refractivity contribution in [2.45, 2.75) is 46.7 Å². The average molecular weight is 269 g/mol. The van der Waals surface area contributed by atoms with Crippen LogP contribution in [0, 0.1) is 0 Å². The fraction of sp³-hybridized carbons (Fsp3) is 0.600. The molecule has 1 aromatic rings. The Kier molecular flexibility index (Phi) is 6.51. The third kappa shape index (κ3) is 4.18. The van der Waals surface area contributed by atoms with Crippen LogP contribution in [0.4, 0.5) is 5.69 Å². The van der Waals surface area contributed by atoms with E-state index in [1.54, 1.807) is 0 Å². The fourth-order valence-electron chi connectivity index (χ4n) is 2.11. The first-order valence-corrected chi connectivity index (χ1v) is 7.23. The SMILES string of the molecule is CCCN(c1cc(Cl)ccc1CNCC)C(C)C. The predicted octanol–water partition coefficient (Wildman–Crippen LogP) is 4.07. The lowest BCUT2D eigenvalue weighted by molar-refractivity contribution is 0.659. The van der Waals surface area contributed by atoms with Crippen molar-refractivity contribution in [3.63, 3.8) is 0 Å². The highest BCUT2D eigenvalue weighted by molar-refractivity contribution is 6.30. The van der Waals surface area contributed by atoms with E-state index in [9.17, 15) is 0 Å². The summed E-state index contributed by atoms with van der Waals surface area (Å²) in [7, 11) is 0. The number of nitrogens with zero attached hydrogens (tertiary/aromatic N) is 1. The molecule has 0 saturated heterocycles. The lowest BCUT2D eigenvalue weighted by Crippen LogP contribution is -2.32. The maximum absolute atomic E-state index is 6.15. The maximum Gasteiger partial charge on any atom is 0.0429 e. The average Bonchev–Trinajstić information content (AvgIpc) is 2.34. The molecule has 18 heavy (non-hydrogen) atoms. The maximum atomic E-state index is 6.15. The lowest BCUT2D eigenvalue weighted by atomic mass is 10.1. The monoisotopic (exact) mass is 268 g/mol. The van der Waals surface area contributed by atoms with E-state index in [-0.39, 0.29) is 0 Å². The van der Waals surface area contributed by atoms with Gasteiger partial charge in [-0.05, 0) is 44.5 Å². The van der Waals surface area contributed by atoms with E-state index in [0.717, 1.165) is 31.1 Å². The van der Waals surface area contributed by atoms with Crippen molar-refractivity contribution in [2.24, 2.45) is 0 Å². The van der Waals surface area contributed by atoms with E-state index < -0.39 is 0 Å². The minimum Gasteiger partial charge on any atom is -0.369 e. The van der Waals surface area contributed by atoms with Gasteiger partial charge < -0.3 is 10.2 Å². The first-order chi connectivity index (χ1) is 8.60. The van der Waals surface area contributed by atoms with Crippen LogP contribution in [0.15, 0.2) is 18.2 Å².